The predicted molar refractivity (Wildman–Crippen MR) is 135 cm³/mol. The molecule has 0 atom stereocenters. The molecule has 0 N–H and O–H groups in total. The first kappa shape index (κ1) is 20.9. The fourth-order valence-electron chi connectivity index (χ4n) is 4.78. The highest BCUT2D eigenvalue weighted by molar-refractivity contribution is 5.93. The second-order valence-electron chi connectivity index (χ2n) is 8.01. The molecule has 0 aliphatic heterocycles. The van der Waals surface area contributed by atoms with Crippen molar-refractivity contribution in [2.45, 2.75) is 5.92 Å². The van der Waals surface area contributed by atoms with Crippen LogP contribution < -0.4 is 14.2 Å². The highest BCUT2D eigenvalue weighted by Gasteiger charge is 2.27. The van der Waals surface area contributed by atoms with Crippen LogP contribution in [0.3, 0.4) is 0 Å². The number of ether oxygens (including phenoxy) is 3. The molecule has 3 heteroatoms. The van der Waals surface area contributed by atoms with Crippen LogP contribution in [0.1, 0.15) is 22.6 Å². The van der Waals surface area contributed by atoms with Crippen molar-refractivity contribution in [1.29, 1.82) is 0 Å². The van der Waals surface area contributed by atoms with Gasteiger partial charge in [0.15, 0.2) is 0 Å². The highest BCUT2D eigenvalue weighted by Crippen LogP contribution is 2.47. The van der Waals surface area contributed by atoms with Crippen LogP contribution >= 0.6 is 0 Å². The Bertz CT molecular complexity index is 1330. The number of hydrogen-bond donors (Lipinski definition) is 0. The fraction of sp³-hybridized carbons (Fsp3) is 0.133. The molecule has 0 aliphatic rings. The van der Waals surface area contributed by atoms with E-state index in [0.29, 0.717) is 0 Å². The van der Waals surface area contributed by atoms with E-state index in [2.05, 4.69) is 84.9 Å². The van der Waals surface area contributed by atoms with Gasteiger partial charge in [-0.05, 0) is 51.4 Å². The maximum atomic E-state index is 5.94. The third kappa shape index (κ3) is 3.66. The monoisotopic (exact) mass is 434 g/mol. The molecule has 0 aromatic heterocycles. The van der Waals surface area contributed by atoms with E-state index >= 15 is 0 Å². The maximum Gasteiger partial charge on any atom is 0.123 e. The number of hydrogen-bond acceptors (Lipinski definition) is 3. The first-order chi connectivity index (χ1) is 16.2. The zero-order valence-corrected chi connectivity index (χ0v) is 19.0. The van der Waals surface area contributed by atoms with Gasteiger partial charge >= 0.3 is 0 Å². The summed E-state index contributed by atoms with van der Waals surface area (Å²) in [5.41, 5.74) is 3.38. The molecule has 0 amide bonds. The minimum Gasteiger partial charge on any atom is -0.497 e. The van der Waals surface area contributed by atoms with E-state index in [1.807, 2.05) is 12.1 Å². The summed E-state index contributed by atoms with van der Waals surface area (Å²) in [6.07, 6.45) is 0. The predicted octanol–water partition coefficient (Wildman–Crippen LogP) is 7.20. The van der Waals surface area contributed by atoms with Crippen molar-refractivity contribution < 1.29 is 14.2 Å². The van der Waals surface area contributed by atoms with Crippen LogP contribution in [0.15, 0.2) is 97.1 Å². The van der Waals surface area contributed by atoms with E-state index in [0.717, 1.165) is 44.7 Å². The molecule has 0 unspecified atom stereocenters. The van der Waals surface area contributed by atoms with E-state index in [1.165, 1.54) is 10.8 Å². The molecule has 164 valence electrons. The molecule has 3 nitrogen and oxygen atoms in total. The summed E-state index contributed by atoms with van der Waals surface area (Å²) in [6.45, 7) is 0. The minimum atomic E-state index is -0.113. The lowest BCUT2D eigenvalue weighted by molar-refractivity contribution is 0.403. The first-order valence-electron chi connectivity index (χ1n) is 11.0. The van der Waals surface area contributed by atoms with Crippen molar-refractivity contribution in [2.75, 3.05) is 21.3 Å². The molecule has 33 heavy (non-hydrogen) atoms. The van der Waals surface area contributed by atoms with Crippen LogP contribution in [-0.2, 0) is 0 Å². The molecule has 5 rings (SSSR count). The highest BCUT2D eigenvalue weighted by atomic mass is 16.5. The summed E-state index contributed by atoms with van der Waals surface area (Å²) in [6, 6.07) is 33.6. The second kappa shape index (κ2) is 8.87. The Morgan fingerprint density at radius 1 is 0.485 bits per heavy atom. The Balaban J connectivity index is 1.92. The summed E-state index contributed by atoms with van der Waals surface area (Å²) in [5, 5.41) is 4.66. The molecule has 5 aromatic rings. The molecule has 0 saturated heterocycles. The molecule has 0 radical (unpaired) electrons. The summed E-state index contributed by atoms with van der Waals surface area (Å²) in [5.74, 6) is 2.42. The SMILES string of the molecule is COc1ccc(C(c2c(OC)ccc3ccccc23)c2c(OC)ccc3ccccc23)cc1. The van der Waals surface area contributed by atoms with Crippen molar-refractivity contribution in [3.8, 4) is 17.2 Å². The van der Waals surface area contributed by atoms with Gasteiger partial charge < -0.3 is 14.2 Å². The van der Waals surface area contributed by atoms with E-state index < -0.39 is 0 Å². The van der Waals surface area contributed by atoms with Gasteiger partial charge in [-0.2, -0.15) is 0 Å². The molecule has 5 aromatic carbocycles. The van der Waals surface area contributed by atoms with Crippen LogP contribution in [0.25, 0.3) is 21.5 Å². The van der Waals surface area contributed by atoms with Gasteiger partial charge in [-0.15, -0.1) is 0 Å². The quantitative estimate of drug-likeness (QED) is 0.265. The number of benzene rings is 5. The standard InChI is InChI=1S/C30H26O3/c1-31-23-16-12-22(13-17-23)28(29-24-10-6-4-8-20(24)14-18-26(29)32-2)30-25-11-7-5-9-21(25)15-19-27(30)33-3/h4-19,28H,1-3H3. The van der Waals surface area contributed by atoms with Gasteiger partial charge in [0, 0.05) is 17.0 Å². The maximum absolute atomic E-state index is 5.94. The summed E-state index contributed by atoms with van der Waals surface area (Å²) in [7, 11) is 5.16. The van der Waals surface area contributed by atoms with Crippen molar-refractivity contribution in [2.24, 2.45) is 0 Å². The minimum absolute atomic E-state index is 0.113. The van der Waals surface area contributed by atoms with Crippen molar-refractivity contribution >= 4 is 21.5 Å². The Labute approximate surface area is 194 Å². The Morgan fingerprint density at radius 2 is 0.970 bits per heavy atom. The number of fused-ring (bicyclic) bond motifs is 2. The Morgan fingerprint density at radius 3 is 1.42 bits per heavy atom. The van der Waals surface area contributed by atoms with Crippen LogP contribution in [0.5, 0.6) is 17.2 Å². The Kier molecular flexibility index (Phi) is 5.62. The third-order valence-electron chi connectivity index (χ3n) is 6.33. The summed E-state index contributed by atoms with van der Waals surface area (Å²) in [4.78, 5) is 0. The molecule has 0 spiro atoms. The smallest absolute Gasteiger partial charge is 0.123 e. The topological polar surface area (TPSA) is 27.7 Å². The van der Waals surface area contributed by atoms with E-state index in [4.69, 9.17) is 14.2 Å². The van der Waals surface area contributed by atoms with Crippen LogP contribution in [-0.4, -0.2) is 21.3 Å². The lowest BCUT2D eigenvalue weighted by Crippen LogP contribution is -2.09. The molecule has 0 heterocycles. The number of rotatable bonds is 6. The molecule has 0 saturated carbocycles. The first-order valence-corrected chi connectivity index (χ1v) is 11.0. The van der Waals surface area contributed by atoms with Gasteiger partial charge in [-0.1, -0.05) is 72.8 Å². The third-order valence-corrected chi connectivity index (χ3v) is 6.33. The number of methoxy groups -OCH3 is 3. The average molecular weight is 435 g/mol. The molecule has 0 fully saturated rings. The van der Waals surface area contributed by atoms with Crippen molar-refractivity contribution in [1.82, 2.24) is 0 Å². The average Bonchev–Trinajstić information content (AvgIpc) is 2.89. The second-order valence-corrected chi connectivity index (χ2v) is 8.01. The van der Waals surface area contributed by atoms with E-state index in [1.54, 1.807) is 21.3 Å². The molecule has 0 bridgehead atoms. The van der Waals surface area contributed by atoms with Gasteiger partial charge in [0.2, 0.25) is 0 Å². The molecular weight excluding hydrogens is 408 g/mol. The van der Waals surface area contributed by atoms with E-state index in [-0.39, 0.29) is 5.92 Å². The lowest BCUT2D eigenvalue weighted by Gasteiger charge is -2.26. The Hall–Kier alpha value is -3.98. The zero-order valence-electron chi connectivity index (χ0n) is 19.0. The van der Waals surface area contributed by atoms with Gasteiger partial charge in [0.1, 0.15) is 17.2 Å². The summed E-state index contributed by atoms with van der Waals surface area (Å²) < 4.78 is 17.3. The summed E-state index contributed by atoms with van der Waals surface area (Å²) >= 11 is 0. The van der Waals surface area contributed by atoms with Gasteiger partial charge in [0.25, 0.3) is 0 Å². The van der Waals surface area contributed by atoms with Crippen LogP contribution in [0.4, 0.5) is 0 Å². The zero-order chi connectivity index (χ0) is 22.8. The van der Waals surface area contributed by atoms with E-state index in [9.17, 15) is 0 Å². The van der Waals surface area contributed by atoms with Crippen molar-refractivity contribution in [3.63, 3.8) is 0 Å². The van der Waals surface area contributed by atoms with Crippen LogP contribution in [0, 0.1) is 0 Å². The molecule has 0 aliphatic carbocycles. The largest absolute Gasteiger partial charge is 0.497 e. The van der Waals surface area contributed by atoms with Crippen LogP contribution in [0.2, 0.25) is 0 Å². The molecular formula is C30H26O3. The van der Waals surface area contributed by atoms with Gasteiger partial charge in [0.05, 0.1) is 21.3 Å². The normalized spacial score (nSPS) is 11.2. The fourth-order valence-corrected chi connectivity index (χ4v) is 4.78. The van der Waals surface area contributed by atoms with Gasteiger partial charge in [-0.3, -0.25) is 0 Å². The lowest BCUT2D eigenvalue weighted by atomic mass is 9.80. The van der Waals surface area contributed by atoms with Gasteiger partial charge in [-0.25, -0.2) is 0 Å². The van der Waals surface area contributed by atoms with Crippen molar-refractivity contribution in [3.05, 3.63) is 114 Å².